The van der Waals surface area contributed by atoms with E-state index in [4.69, 9.17) is 9.47 Å². The number of aliphatic hydroxyl groups excluding tert-OH is 1. The van der Waals surface area contributed by atoms with Crippen molar-refractivity contribution in [1.82, 2.24) is 4.98 Å². The lowest BCUT2D eigenvalue weighted by Crippen LogP contribution is -2.29. The minimum Gasteiger partial charge on any atom is -0.507 e. The maximum absolute atomic E-state index is 13.2. The third-order valence-corrected chi connectivity index (χ3v) is 6.79. The van der Waals surface area contributed by atoms with E-state index in [-0.39, 0.29) is 11.3 Å². The summed E-state index contributed by atoms with van der Waals surface area (Å²) in [4.78, 5) is 33.3. The number of Topliss-reactive ketones (excluding diaryl/α,β-unsaturated/α-hetero) is 1. The first-order valence-corrected chi connectivity index (χ1v) is 11.1. The van der Waals surface area contributed by atoms with Crippen LogP contribution >= 0.6 is 11.3 Å². The van der Waals surface area contributed by atoms with Crippen LogP contribution < -0.4 is 14.4 Å². The van der Waals surface area contributed by atoms with Crippen molar-refractivity contribution in [1.29, 1.82) is 0 Å². The molecular formula is C25H24N2O5S. The number of ketones is 1. The third kappa shape index (κ3) is 3.87. The molecule has 0 saturated carbocycles. The zero-order valence-electron chi connectivity index (χ0n) is 19.0. The summed E-state index contributed by atoms with van der Waals surface area (Å²) < 4.78 is 10.8. The molecule has 0 aliphatic carbocycles. The number of aromatic nitrogens is 1. The van der Waals surface area contributed by atoms with Crippen LogP contribution in [-0.4, -0.2) is 36.0 Å². The minimum atomic E-state index is -0.879. The highest BCUT2D eigenvalue weighted by molar-refractivity contribution is 7.16. The molecule has 170 valence electrons. The Morgan fingerprint density at radius 2 is 1.67 bits per heavy atom. The van der Waals surface area contributed by atoms with Gasteiger partial charge in [0.25, 0.3) is 5.78 Å². The van der Waals surface area contributed by atoms with Crippen molar-refractivity contribution in [2.45, 2.75) is 26.8 Å². The number of benzene rings is 2. The monoisotopic (exact) mass is 464 g/mol. The average molecular weight is 465 g/mol. The predicted octanol–water partition coefficient (Wildman–Crippen LogP) is 4.71. The van der Waals surface area contributed by atoms with Crippen LogP contribution in [0.5, 0.6) is 11.5 Å². The number of rotatable bonds is 5. The number of thiazole rings is 1. The van der Waals surface area contributed by atoms with Gasteiger partial charge in [-0.3, -0.25) is 14.5 Å². The summed E-state index contributed by atoms with van der Waals surface area (Å²) >= 11 is 1.33. The molecule has 1 fully saturated rings. The summed E-state index contributed by atoms with van der Waals surface area (Å²) in [5, 5.41) is 11.6. The van der Waals surface area contributed by atoms with Crippen molar-refractivity contribution in [2.24, 2.45) is 0 Å². The molecule has 1 aromatic heterocycles. The first kappa shape index (κ1) is 22.5. The highest BCUT2D eigenvalue weighted by Gasteiger charge is 2.48. The predicted molar refractivity (Wildman–Crippen MR) is 127 cm³/mol. The highest BCUT2D eigenvalue weighted by atomic mass is 32.1. The largest absolute Gasteiger partial charge is 0.507 e. The van der Waals surface area contributed by atoms with Crippen LogP contribution in [0.25, 0.3) is 5.76 Å². The fourth-order valence-electron chi connectivity index (χ4n) is 3.79. The number of carbonyl (C=O) groups excluding carboxylic acids is 2. The maximum atomic E-state index is 13.2. The molecule has 0 bridgehead atoms. The Hall–Kier alpha value is -3.65. The lowest BCUT2D eigenvalue weighted by molar-refractivity contribution is -0.132. The van der Waals surface area contributed by atoms with Gasteiger partial charge in [0.05, 0.1) is 31.5 Å². The Morgan fingerprint density at radius 1 is 1.00 bits per heavy atom. The van der Waals surface area contributed by atoms with Gasteiger partial charge in [0.15, 0.2) is 16.6 Å². The maximum Gasteiger partial charge on any atom is 0.301 e. The van der Waals surface area contributed by atoms with Crippen LogP contribution in [0.15, 0.2) is 48.0 Å². The van der Waals surface area contributed by atoms with Crippen LogP contribution in [0.2, 0.25) is 0 Å². The molecule has 0 spiro atoms. The van der Waals surface area contributed by atoms with Crippen LogP contribution in [0.1, 0.15) is 33.3 Å². The van der Waals surface area contributed by atoms with Crippen molar-refractivity contribution in [3.63, 3.8) is 0 Å². The van der Waals surface area contributed by atoms with E-state index in [0.29, 0.717) is 27.8 Å². The highest BCUT2D eigenvalue weighted by Crippen LogP contribution is 2.45. The quantitative estimate of drug-likeness (QED) is 0.334. The van der Waals surface area contributed by atoms with Crippen LogP contribution in [0.4, 0.5) is 5.13 Å². The fraction of sp³-hybridized carbons (Fsp3) is 0.240. The van der Waals surface area contributed by atoms with Gasteiger partial charge in [-0.1, -0.05) is 35.9 Å². The van der Waals surface area contributed by atoms with Gasteiger partial charge in [0, 0.05) is 10.4 Å². The topological polar surface area (TPSA) is 89.0 Å². The summed E-state index contributed by atoms with van der Waals surface area (Å²) in [6.45, 7) is 5.69. The third-order valence-electron chi connectivity index (χ3n) is 5.72. The Balaban J connectivity index is 1.97. The van der Waals surface area contributed by atoms with E-state index in [1.54, 1.807) is 30.3 Å². The van der Waals surface area contributed by atoms with Gasteiger partial charge in [0.2, 0.25) is 0 Å². The standard InChI is InChI=1S/C25H24N2O5S/c1-13-6-8-16(9-7-13)22(28)20-21(17-10-11-18(31-4)19(12-17)32-5)27(24(30)23(20)29)25-26-14(2)15(3)33-25/h6-12,21,28H,1-5H3. The number of ether oxygens (including phenoxy) is 2. The number of methoxy groups -OCH3 is 2. The van der Waals surface area contributed by atoms with E-state index in [9.17, 15) is 14.7 Å². The Morgan fingerprint density at radius 3 is 2.24 bits per heavy atom. The molecular weight excluding hydrogens is 440 g/mol. The Kier molecular flexibility index (Phi) is 5.95. The van der Waals surface area contributed by atoms with Crippen molar-refractivity contribution >= 4 is 33.9 Å². The molecule has 1 aliphatic rings. The smallest absolute Gasteiger partial charge is 0.301 e. The Labute approximate surface area is 195 Å². The summed E-state index contributed by atoms with van der Waals surface area (Å²) in [7, 11) is 3.04. The summed E-state index contributed by atoms with van der Waals surface area (Å²) in [6, 6.07) is 11.4. The zero-order chi connectivity index (χ0) is 23.9. The molecule has 1 saturated heterocycles. The number of anilines is 1. The van der Waals surface area contributed by atoms with Crippen molar-refractivity contribution in [2.75, 3.05) is 19.1 Å². The molecule has 3 aromatic rings. The first-order valence-electron chi connectivity index (χ1n) is 10.3. The molecule has 1 unspecified atom stereocenters. The van der Waals surface area contributed by atoms with Crippen LogP contribution in [0.3, 0.4) is 0 Å². The molecule has 1 N–H and O–H groups in total. The summed E-state index contributed by atoms with van der Waals surface area (Å²) in [5.74, 6) is -0.781. The number of carbonyl (C=O) groups is 2. The molecule has 33 heavy (non-hydrogen) atoms. The number of hydrogen-bond donors (Lipinski definition) is 1. The number of amides is 1. The van der Waals surface area contributed by atoms with Crippen molar-refractivity contribution in [3.05, 3.63) is 75.3 Å². The minimum absolute atomic E-state index is 0.00146. The van der Waals surface area contributed by atoms with Gasteiger partial charge in [-0.2, -0.15) is 0 Å². The van der Waals surface area contributed by atoms with Gasteiger partial charge >= 0.3 is 5.91 Å². The van der Waals surface area contributed by atoms with E-state index in [1.807, 2.05) is 32.9 Å². The molecule has 1 amide bonds. The number of nitrogens with zero attached hydrogens (tertiary/aromatic N) is 2. The fourth-order valence-corrected chi connectivity index (χ4v) is 4.73. The molecule has 4 rings (SSSR count). The average Bonchev–Trinajstić information content (AvgIpc) is 3.28. The second-order valence-electron chi connectivity index (χ2n) is 7.79. The molecule has 7 nitrogen and oxygen atoms in total. The Bertz CT molecular complexity index is 1260. The molecule has 2 aromatic carbocycles. The van der Waals surface area contributed by atoms with Crippen LogP contribution in [0, 0.1) is 20.8 Å². The number of hydrogen-bond acceptors (Lipinski definition) is 7. The lowest BCUT2D eigenvalue weighted by atomic mass is 9.95. The van der Waals surface area contributed by atoms with E-state index in [0.717, 1.165) is 16.1 Å². The van der Waals surface area contributed by atoms with E-state index < -0.39 is 17.7 Å². The second kappa shape index (κ2) is 8.71. The molecule has 2 heterocycles. The van der Waals surface area contributed by atoms with Gasteiger partial charge in [-0.15, -0.1) is 11.3 Å². The zero-order valence-corrected chi connectivity index (χ0v) is 19.8. The first-order chi connectivity index (χ1) is 15.8. The normalized spacial score (nSPS) is 17.5. The van der Waals surface area contributed by atoms with Crippen molar-refractivity contribution in [3.8, 4) is 11.5 Å². The van der Waals surface area contributed by atoms with Gasteiger partial charge in [0.1, 0.15) is 5.76 Å². The molecule has 8 heteroatoms. The summed E-state index contributed by atoms with van der Waals surface area (Å²) in [5.41, 5.74) is 2.84. The SMILES string of the molecule is COc1ccc(C2C(=C(O)c3ccc(C)cc3)C(=O)C(=O)N2c2nc(C)c(C)s2)cc1OC. The van der Waals surface area contributed by atoms with Crippen LogP contribution in [-0.2, 0) is 9.59 Å². The summed E-state index contributed by atoms with van der Waals surface area (Å²) in [6.07, 6.45) is 0. The second-order valence-corrected chi connectivity index (χ2v) is 8.97. The van der Waals surface area contributed by atoms with Gasteiger partial charge in [-0.05, 0) is 38.5 Å². The van der Waals surface area contributed by atoms with E-state index >= 15 is 0 Å². The number of aliphatic hydroxyl groups is 1. The van der Waals surface area contributed by atoms with Gasteiger partial charge in [-0.25, -0.2) is 4.98 Å². The molecule has 1 atom stereocenters. The van der Waals surface area contributed by atoms with Crippen molar-refractivity contribution < 1.29 is 24.2 Å². The molecule has 1 aliphatic heterocycles. The molecule has 0 radical (unpaired) electrons. The van der Waals surface area contributed by atoms with E-state index in [1.165, 1.54) is 30.5 Å². The van der Waals surface area contributed by atoms with E-state index in [2.05, 4.69) is 4.98 Å². The van der Waals surface area contributed by atoms with Gasteiger partial charge < -0.3 is 14.6 Å². The number of aryl methyl sites for hydroxylation is 3. The lowest BCUT2D eigenvalue weighted by Gasteiger charge is -2.23.